The Hall–Kier alpha value is -1.88. The number of nitrogens with zero attached hydrogens (tertiary/aromatic N) is 1. The van der Waals surface area contributed by atoms with E-state index in [4.69, 9.17) is 10.5 Å². The summed E-state index contributed by atoms with van der Waals surface area (Å²) in [6.45, 7) is 3.33. The first kappa shape index (κ1) is 12.6. The molecule has 1 aromatic rings. The van der Waals surface area contributed by atoms with Crippen LogP contribution in [0.5, 0.6) is 5.75 Å². The van der Waals surface area contributed by atoms with Gasteiger partial charge in [-0.1, -0.05) is 0 Å². The molecule has 0 unspecified atom stereocenters. The van der Waals surface area contributed by atoms with Crippen molar-refractivity contribution in [3.63, 3.8) is 0 Å². The van der Waals surface area contributed by atoms with Crippen LogP contribution in [0.2, 0.25) is 0 Å². The number of ketones is 1. The Morgan fingerprint density at radius 1 is 1.44 bits per heavy atom. The Labute approximate surface area is 106 Å². The van der Waals surface area contributed by atoms with E-state index >= 15 is 0 Å². The maximum Gasteiger partial charge on any atom is 0.264 e. The van der Waals surface area contributed by atoms with Crippen molar-refractivity contribution in [2.45, 2.75) is 19.4 Å². The number of likely N-dealkylation sites (N-methyl/N-ethyl adjacent to an activating group) is 1. The van der Waals surface area contributed by atoms with Gasteiger partial charge >= 0.3 is 0 Å². The van der Waals surface area contributed by atoms with Crippen LogP contribution < -0.4 is 15.4 Å². The number of carbonyl (C=O) groups excluding carboxylic acids is 2. The van der Waals surface area contributed by atoms with Crippen LogP contribution in [0.3, 0.4) is 0 Å². The molecule has 0 saturated heterocycles. The van der Waals surface area contributed by atoms with Crippen LogP contribution in [-0.2, 0) is 4.79 Å². The van der Waals surface area contributed by atoms with E-state index in [0.29, 0.717) is 17.0 Å². The highest BCUT2D eigenvalue weighted by Gasteiger charge is 2.27. The SMILES string of the molecule is CN1C(=O)COc2ccc(C(=O)C(C)(C)N)cc21. The molecule has 1 aromatic carbocycles. The molecule has 0 spiro atoms. The zero-order valence-corrected chi connectivity index (χ0v) is 10.7. The van der Waals surface area contributed by atoms with Gasteiger partial charge in [-0.3, -0.25) is 9.59 Å². The van der Waals surface area contributed by atoms with Gasteiger partial charge in [0.2, 0.25) is 0 Å². The molecular formula is C13H16N2O3. The number of nitrogens with two attached hydrogens (primary N) is 1. The number of hydrogen-bond acceptors (Lipinski definition) is 4. The fraction of sp³-hybridized carbons (Fsp3) is 0.385. The minimum Gasteiger partial charge on any atom is -0.482 e. The van der Waals surface area contributed by atoms with Crippen LogP contribution in [0.15, 0.2) is 18.2 Å². The average Bonchev–Trinajstić information content (AvgIpc) is 2.31. The van der Waals surface area contributed by atoms with Crippen LogP contribution in [0.1, 0.15) is 24.2 Å². The zero-order valence-electron chi connectivity index (χ0n) is 10.7. The highest BCUT2D eigenvalue weighted by molar-refractivity contribution is 6.05. The summed E-state index contributed by atoms with van der Waals surface area (Å²) in [5.74, 6) is 0.291. The Morgan fingerprint density at radius 3 is 2.72 bits per heavy atom. The topological polar surface area (TPSA) is 72.6 Å². The number of rotatable bonds is 2. The van der Waals surface area contributed by atoms with Gasteiger partial charge in [0.25, 0.3) is 5.91 Å². The number of fused-ring (bicyclic) bond motifs is 1. The van der Waals surface area contributed by atoms with Crippen LogP contribution in [0.4, 0.5) is 5.69 Å². The van der Waals surface area contributed by atoms with Gasteiger partial charge in [0, 0.05) is 12.6 Å². The normalized spacial score (nSPS) is 15.1. The smallest absolute Gasteiger partial charge is 0.264 e. The Bertz CT molecular complexity index is 517. The van der Waals surface area contributed by atoms with Crippen molar-refractivity contribution >= 4 is 17.4 Å². The molecule has 5 heteroatoms. The molecule has 0 bridgehead atoms. The summed E-state index contributed by atoms with van der Waals surface area (Å²) in [6.07, 6.45) is 0. The predicted molar refractivity (Wildman–Crippen MR) is 67.9 cm³/mol. The van der Waals surface area contributed by atoms with E-state index in [2.05, 4.69) is 0 Å². The first-order valence-electron chi connectivity index (χ1n) is 5.68. The standard InChI is InChI=1S/C13H16N2O3/c1-13(2,14)12(17)8-4-5-10-9(6-8)15(3)11(16)7-18-10/h4-6H,7,14H2,1-3H3. The number of hydrogen-bond donors (Lipinski definition) is 1. The second-order valence-corrected chi connectivity index (χ2v) is 4.97. The van der Waals surface area contributed by atoms with E-state index in [1.165, 1.54) is 4.90 Å². The molecule has 0 aliphatic carbocycles. The van der Waals surface area contributed by atoms with E-state index in [1.54, 1.807) is 39.1 Å². The minimum absolute atomic E-state index is 0.0270. The second-order valence-electron chi connectivity index (χ2n) is 4.97. The molecule has 0 radical (unpaired) electrons. The maximum atomic E-state index is 12.1. The largest absolute Gasteiger partial charge is 0.482 e. The lowest BCUT2D eigenvalue weighted by atomic mass is 9.94. The quantitative estimate of drug-likeness (QED) is 0.791. The zero-order chi connectivity index (χ0) is 13.5. The number of anilines is 1. The van der Waals surface area contributed by atoms with E-state index in [1.807, 2.05) is 0 Å². The third-order valence-electron chi connectivity index (χ3n) is 2.89. The van der Waals surface area contributed by atoms with Crippen LogP contribution >= 0.6 is 0 Å². The van der Waals surface area contributed by atoms with E-state index < -0.39 is 5.54 Å². The van der Waals surface area contributed by atoms with Crippen molar-refractivity contribution in [1.82, 2.24) is 0 Å². The third-order valence-corrected chi connectivity index (χ3v) is 2.89. The molecular weight excluding hydrogens is 232 g/mol. The summed E-state index contributed by atoms with van der Waals surface area (Å²) in [6, 6.07) is 5.00. The number of amides is 1. The van der Waals surface area contributed by atoms with Crippen molar-refractivity contribution in [3.8, 4) is 5.75 Å². The fourth-order valence-electron chi connectivity index (χ4n) is 1.79. The number of Topliss-reactive ketones (excluding diaryl/α,β-unsaturated/α-hetero) is 1. The van der Waals surface area contributed by atoms with Crippen LogP contribution in [-0.4, -0.2) is 30.9 Å². The van der Waals surface area contributed by atoms with Gasteiger partial charge in [-0.2, -0.15) is 0 Å². The first-order valence-corrected chi connectivity index (χ1v) is 5.68. The minimum atomic E-state index is -0.938. The molecule has 0 atom stereocenters. The summed E-state index contributed by atoms with van der Waals surface area (Å²) >= 11 is 0. The summed E-state index contributed by atoms with van der Waals surface area (Å²) < 4.78 is 5.29. The maximum absolute atomic E-state index is 12.1. The monoisotopic (exact) mass is 248 g/mol. The lowest BCUT2D eigenvalue weighted by molar-refractivity contribution is -0.120. The highest BCUT2D eigenvalue weighted by atomic mass is 16.5. The van der Waals surface area contributed by atoms with E-state index in [0.717, 1.165) is 0 Å². The molecule has 2 rings (SSSR count). The molecule has 18 heavy (non-hydrogen) atoms. The molecule has 1 aliphatic rings. The molecule has 96 valence electrons. The fourth-order valence-corrected chi connectivity index (χ4v) is 1.79. The molecule has 0 saturated carbocycles. The summed E-state index contributed by atoms with van der Waals surface area (Å²) in [5.41, 5.74) is 5.93. The molecule has 1 aliphatic heterocycles. The molecule has 1 amide bonds. The summed E-state index contributed by atoms with van der Waals surface area (Å²) in [5, 5.41) is 0. The Kier molecular flexibility index (Phi) is 2.86. The average molecular weight is 248 g/mol. The number of benzene rings is 1. The van der Waals surface area contributed by atoms with Crippen molar-refractivity contribution in [2.75, 3.05) is 18.6 Å². The van der Waals surface area contributed by atoms with Gasteiger partial charge in [-0.25, -0.2) is 0 Å². The lowest BCUT2D eigenvalue weighted by Gasteiger charge is -2.27. The van der Waals surface area contributed by atoms with Crippen LogP contribution in [0.25, 0.3) is 0 Å². The van der Waals surface area contributed by atoms with Crippen molar-refractivity contribution in [2.24, 2.45) is 5.73 Å². The molecule has 1 heterocycles. The van der Waals surface area contributed by atoms with Crippen LogP contribution in [0, 0.1) is 0 Å². The molecule has 0 aromatic heterocycles. The first-order chi connectivity index (χ1) is 8.30. The highest BCUT2D eigenvalue weighted by Crippen LogP contribution is 2.32. The van der Waals surface area contributed by atoms with Gasteiger partial charge < -0.3 is 15.4 Å². The van der Waals surface area contributed by atoms with Crippen molar-refractivity contribution < 1.29 is 14.3 Å². The van der Waals surface area contributed by atoms with Gasteiger partial charge in [0.1, 0.15) is 5.75 Å². The van der Waals surface area contributed by atoms with Gasteiger partial charge in [0.05, 0.1) is 11.2 Å². The molecule has 2 N–H and O–H groups in total. The van der Waals surface area contributed by atoms with E-state index in [9.17, 15) is 9.59 Å². The Balaban J connectivity index is 2.44. The van der Waals surface area contributed by atoms with Gasteiger partial charge in [-0.05, 0) is 32.0 Å². The third kappa shape index (κ3) is 2.09. The Morgan fingerprint density at radius 2 is 2.11 bits per heavy atom. The summed E-state index contributed by atoms with van der Waals surface area (Å²) in [7, 11) is 1.66. The van der Waals surface area contributed by atoms with Crippen molar-refractivity contribution in [3.05, 3.63) is 23.8 Å². The summed E-state index contributed by atoms with van der Waals surface area (Å²) in [4.78, 5) is 25.1. The second kappa shape index (κ2) is 4.10. The molecule has 0 fully saturated rings. The van der Waals surface area contributed by atoms with Gasteiger partial charge in [-0.15, -0.1) is 0 Å². The number of ether oxygens (including phenoxy) is 1. The van der Waals surface area contributed by atoms with Gasteiger partial charge in [0.15, 0.2) is 12.4 Å². The van der Waals surface area contributed by atoms with Crippen molar-refractivity contribution in [1.29, 1.82) is 0 Å². The molecule has 5 nitrogen and oxygen atoms in total. The lowest BCUT2D eigenvalue weighted by Crippen LogP contribution is -2.41. The predicted octanol–water partition coefficient (Wildman–Crippen LogP) is 0.962. The van der Waals surface area contributed by atoms with E-state index in [-0.39, 0.29) is 18.3 Å². The number of carbonyl (C=O) groups is 2.